The number of methoxy groups -OCH3 is 1. The summed E-state index contributed by atoms with van der Waals surface area (Å²) in [6.45, 7) is 6.40. The van der Waals surface area contributed by atoms with Crippen LogP contribution in [0, 0.1) is 11.2 Å². The fourth-order valence-electron chi connectivity index (χ4n) is 1.67. The van der Waals surface area contributed by atoms with Gasteiger partial charge in [-0.15, -0.1) is 0 Å². The van der Waals surface area contributed by atoms with Crippen LogP contribution in [0.5, 0.6) is 0 Å². The Balaban J connectivity index is 2.41. The van der Waals surface area contributed by atoms with Crippen molar-refractivity contribution in [1.29, 1.82) is 0 Å². The number of hydrogen-bond donors (Lipinski definition) is 1. The number of nitrogens with one attached hydrogen (secondary N) is 1. The van der Waals surface area contributed by atoms with Gasteiger partial charge in [0.15, 0.2) is 0 Å². The molecule has 1 N–H and O–H groups in total. The van der Waals surface area contributed by atoms with Crippen LogP contribution in [-0.2, 0) is 11.3 Å². The lowest BCUT2D eigenvalue weighted by molar-refractivity contribution is 0.150. The van der Waals surface area contributed by atoms with Crippen molar-refractivity contribution in [3.05, 3.63) is 34.6 Å². The highest BCUT2D eigenvalue weighted by Crippen LogP contribution is 2.19. The van der Waals surface area contributed by atoms with E-state index < -0.39 is 0 Å². The van der Waals surface area contributed by atoms with E-state index in [4.69, 9.17) is 16.3 Å². The Kier molecular flexibility index (Phi) is 6.06. The van der Waals surface area contributed by atoms with Crippen molar-refractivity contribution in [3.8, 4) is 0 Å². The minimum absolute atomic E-state index is 0.138. The zero-order chi connectivity index (χ0) is 13.6. The third-order valence-electron chi connectivity index (χ3n) is 2.92. The molecule has 0 aliphatic rings. The monoisotopic (exact) mass is 273 g/mol. The van der Waals surface area contributed by atoms with E-state index in [0.29, 0.717) is 17.1 Å². The molecule has 0 bridgehead atoms. The maximum atomic E-state index is 13.5. The highest BCUT2D eigenvalue weighted by atomic mass is 35.5. The highest BCUT2D eigenvalue weighted by Gasteiger charge is 2.17. The Labute approximate surface area is 113 Å². The van der Waals surface area contributed by atoms with Gasteiger partial charge in [0.2, 0.25) is 0 Å². The Bertz CT molecular complexity index is 382. The molecule has 1 rings (SSSR count). The second-order valence-corrected chi connectivity index (χ2v) is 5.68. The van der Waals surface area contributed by atoms with Crippen LogP contribution in [0.15, 0.2) is 18.2 Å². The second kappa shape index (κ2) is 7.07. The predicted molar refractivity (Wildman–Crippen MR) is 73.4 cm³/mol. The molecule has 18 heavy (non-hydrogen) atoms. The Morgan fingerprint density at radius 2 is 2.11 bits per heavy atom. The molecule has 0 radical (unpaired) electrons. The minimum atomic E-state index is -0.260. The normalized spacial score (nSPS) is 11.8. The highest BCUT2D eigenvalue weighted by molar-refractivity contribution is 6.30. The van der Waals surface area contributed by atoms with Gasteiger partial charge < -0.3 is 10.1 Å². The molecule has 0 aromatic heterocycles. The molecule has 1 aromatic carbocycles. The first-order chi connectivity index (χ1) is 8.44. The van der Waals surface area contributed by atoms with Crippen molar-refractivity contribution in [2.75, 3.05) is 20.3 Å². The summed E-state index contributed by atoms with van der Waals surface area (Å²) in [4.78, 5) is 0. The van der Waals surface area contributed by atoms with E-state index in [1.807, 2.05) is 0 Å². The van der Waals surface area contributed by atoms with E-state index in [1.165, 1.54) is 6.07 Å². The van der Waals surface area contributed by atoms with Crippen LogP contribution in [0.4, 0.5) is 4.39 Å². The Hall–Kier alpha value is -0.640. The van der Waals surface area contributed by atoms with Crippen LogP contribution >= 0.6 is 11.6 Å². The molecule has 4 heteroatoms. The molecule has 0 saturated carbocycles. The molecule has 0 unspecified atom stereocenters. The molecule has 0 atom stereocenters. The van der Waals surface area contributed by atoms with Gasteiger partial charge in [-0.25, -0.2) is 4.39 Å². The first-order valence-electron chi connectivity index (χ1n) is 6.08. The summed E-state index contributed by atoms with van der Waals surface area (Å²) in [6.07, 6.45) is 0.972. The molecule has 0 spiro atoms. The summed E-state index contributed by atoms with van der Waals surface area (Å²) in [5.41, 5.74) is 0.778. The van der Waals surface area contributed by atoms with Crippen molar-refractivity contribution in [1.82, 2.24) is 5.32 Å². The molecule has 0 saturated heterocycles. The number of benzene rings is 1. The van der Waals surface area contributed by atoms with E-state index in [-0.39, 0.29) is 11.2 Å². The average Bonchev–Trinajstić information content (AvgIpc) is 2.29. The van der Waals surface area contributed by atoms with E-state index >= 15 is 0 Å². The molecule has 2 nitrogen and oxygen atoms in total. The van der Waals surface area contributed by atoms with Gasteiger partial charge in [-0.05, 0) is 24.0 Å². The summed E-state index contributed by atoms with van der Waals surface area (Å²) in [6, 6.07) is 4.76. The van der Waals surface area contributed by atoms with Gasteiger partial charge in [0, 0.05) is 37.4 Å². The molecule has 0 aliphatic carbocycles. The van der Waals surface area contributed by atoms with Gasteiger partial charge in [0.25, 0.3) is 0 Å². The Morgan fingerprint density at radius 1 is 1.39 bits per heavy atom. The maximum Gasteiger partial charge on any atom is 0.129 e. The zero-order valence-electron chi connectivity index (χ0n) is 11.2. The maximum absolute atomic E-state index is 13.5. The number of halogens is 2. The number of ether oxygens (including phenoxy) is 1. The SMILES string of the molecule is COCCC(C)(C)CNCc1ccc(Cl)cc1F. The topological polar surface area (TPSA) is 21.3 Å². The van der Waals surface area contributed by atoms with Crippen molar-refractivity contribution in [2.24, 2.45) is 5.41 Å². The van der Waals surface area contributed by atoms with E-state index in [1.54, 1.807) is 19.2 Å². The van der Waals surface area contributed by atoms with Crippen LogP contribution in [-0.4, -0.2) is 20.3 Å². The Morgan fingerprint density at radius 3 is 2.72 bits per heavy atom. The lowest BCUT2D eigenvalue weighted by Crippen LogP contribution is -2.30. The lowest BCUT2D eigenvalue weighted by Gasteiger charge is -2.24. The first-order valence-corrected chi connectivity index (χ1v) is 6.46. The fraction of sp³-hybridized carbons (Fsp3) is 0.571. The third-order valence-corrected chi connectivity index (χ3v) is 3.15. The van der Waals surface area contributed by atoms with E-state index in [2.05, 4.69) is 19.2 Å². The average molecular weight is 274 g/mol. The van der Waals surface area contributed by atoms with E-state index in [0.717, 1.165) is 19.6 Å². The summed E-state index contributed by atoms with van der Waals surface area (Å²) in [7, 11) is 1.70. The largest absolute Gasteiger partial charge is 0.385 e. The minimum Gasteiger partial charge on any atom is -0.385 e. The molecule has 102 valence electrons. The van der Waals surface area contributed by atoms with Gasteiger partial charge >= 0.3 is 0 Å². The fourth-order valence-corrected chi connectivity index (χ4v) is 1.83. The third kappa shape index (κ3) is 5.34. The van der Waals surface area contributed by atoms with Crippen molar-refractivity contribution in [3.63, 3.8) is 0 Å². The van der Waals surface area contributed by atoms with Gasteiger partial charge in [0.1, 0.15) is 5.82 Å². The zero-order valence-corrected chi connectivity index (χ0v) is 12.0. The molecule has 0 fully saturated rings. The van der Waals surface area contributed by atoms with Gasteiger partial charge in [-0.2, -0.15) is 0 Å². The summed E-state index contributed by atoms with van der Waals surface area (Å²) in [5.74, 6) is -0.260. The molecule has 0 amide bonds. The van der Waals surface area contributed by atoms with E-state index in [9.17, 15) is 4.39 Å². The molecule has 0 aliphatic heterocycles. The number of hydrogen-bond acceptors (Lipinski definition) is 2. The van der Waals surface area contributed by atoms with Crippen LogP contribution in [0.3, 0.4) is 0 Å². The van der Waals surface area contributed by atoms with Crippen molar-refractivity contribution >= 4 is 11.6 Å². The van der Waals surface area contributed by atoms with Crippen LogP contribution in [0.1, 0.15) is 25.8 Å². The lowest BCUT2D eigenvalue weighted by atomic mass is 9.89. The number of rotatable bonds is 7. The van der Waals surface area contributed by atoms with Crippen molar-refractivity contribution < 1.29 is 9.13 Å². The molecule has 0 heterocycles. The van der Waals surface area contributed by atoms with Crippen molar-refractivity contribution in [2.45, 2.75) is 26.8 Å². The van der Waals surface area contributed by atoms with Crippen LogP contribution in [0.25, 0.3) is 0 Å². The quantitative estimate of drug-likeness (QED) is 0.819. The van der Waals surface area contributed by atoms with Gasteiger partial charge in [-0.1, -0.05) is 31.5 Å². The predicted octanol–water partition coefficient (Wildman–Crippen LogP) is 3.63. The summed E-state index contributed by atoms with van der Waals surface area (Å²) in [5, 5.41) is 3.70. The summed E-state index contributed by atoms with van der Waals surface area (Å²) >= 11 is 5.71. The molecular weight excluding hydrogens is 253 g/mol. The van der Waals surface area contributed by atoms with Gasteiger partial charge in [-0.3, -0.25) is 0 Å². The molecule has 1 aromatic rings. The smallest absolute Gasteiger partial charge is 0.129 e. The van der Waals surface area contributed by atoms with Crippen LogP contribution in [0.2, 0.25) is 5.02 Å². The summed E-state index contributed by atoms with van der Waals surface area (Å²) < 4.78 is 18.6. The van der Waals surface area contributed by atoms with Gasteiger partial charge in [0.05, 0.1) is 0 Å². The van der Waals surface area contributed by atoms with Crippen LogP contribution < -0.4 is 5.32 Å². The second-order valence-electron chi connectivity index (χ2n) is 5.25. The first kappa shape index (κ1) is 15.4. The molecular formula is C14H21ClFNO. The standard InChI is InChI=1S/C14H21ClFNO/c1-14(2,6-7-18-3)10-17-9-11-4-5-12(15)8-13(11)16/h4-5,8,17H,6-7,9-10H2,1-3H3.